The van der Waals surface area contributed by atoms with Crippen molar-refractivity contribution in [3.63, 3.8) is 0 Å². The molecule has 0 aliphatic carbocycles. The number of rotatable bonds is 10. The van der Waals surface area contributed by atoms with Gasteiger partial charge in [-0.1, -0.05) is 19.8 Å². The van der Waals surface area contributed by atoms with Gasteiger partial charge in [0.15, 0.2) is 6.61 Å². The standard InChI is InChI=1S/C16H26N2O4S/c1-4-5-6-11-17-16(19)12-22-14-7-9-15(10-8-14)23(20,21)18-13(2)3/h7-10,13,18H,4-6,11-12H2,1-3H3,(H,17,19). The quantitative estimate of drug-likeness (QED) is 0.638. The molecule has 0 radical (unpaired) electrons. The van der Waals surface area contributed by atoms with Crippen LogP contribution in [0.4, 0.5) is 0 Å². The maximum atomic E-state index is 12.0. The minimum absolute atomic E-state index is 0.0809. The van der Waals surface area contributed by atoms with Crippen LogP contribution in [0.2, 0.25) is 0 Å². The highest BCUT2D eigenvalue weighted by atomic mass is 32.2. The smallest absolute Gasteiger partial charge is 0.257 e. The Kier molecular flexibility index (Phi) is 8.05. The van der Waals surface area contributed by atoms with Crippen LogP contribution in [0.5, 0.6) is 5.75 Å². The lowest BCUT2D eigenvalue weighted by Crippen LogP contribution is -2.30. The first-order chi connectivity index (χ1) is 10.8. The molecule has 0 heterocycles. The molecule has 130 valence electrons. The van der Waals surface area contributed by atoms with Crippen LogP contribution >= 0.6 is 0 Å². The van der Waals surface area contributed by atoms with Crippen LogP contribution < -0.4 is 14.8 Å². The molecule has 0 fully saturated rings. The summed E-state index contributed by atoms with van der Waals surface area (Å²) in [5.74, 6) is 0.275. The maximum Gasteiger partial charge on any atom is 0.257 e. The van der Waals surface area contributed by atoms with E-state index in [0.717, 1.165) is 19.3 Å². The van der Waals surface area contributed by atoms with Gasteiger partial charge in [0.1, 0.15) is 5.75 Å². The van der Waals surface area contributed by atoms with Crippen molar-refractivity contribution in [3.05, 3.63) is 24.3 Å². The van der Waals surface area contributed by atoms with Crippen LogP contribution in [-0.2, 0) is 14.8 Å². The molecule has 0 aliphatic rings. The van der Waals surface area contributed by atoms with Crippen molar-refractivity contribution < 1.29 is 17.9 Å². The zero-order chi connectivity index (χ0) is 17.3. The summed E-state index contributed by atoms with van der Waals surface area (Å²) in [5, 5.41) is 2.78. The zero-order valence-electron chi connectivity index (χ0n) is 14.0. The van der Waals surface area contributed by atoms with Gasteiger partial charge in [0.25, 0.3) is 5.91 Å². The number of benzene rings is 1. The van der Waals surface area contributed by atoms with Gasteiger partial charge in [-0.25, -0.2) is 13.1 Å². The minimum Gasteiger partial charge on any atom is -0.484 e. The van der Waals surface area contributed by atoms with E-state index in [2.05, 4.69) is 17.0 Å². The third-order valence-electron chi connectivity index (χ3n) is 3.00. The van der Waals surface area contributed by atoms with Crippen LogP contribution in [-0.4, -0.2) is 33.5 Å². The van der Waals surface area contributed by atoms with Crippen LogP contribution in [0, 0.1) is 0 Å². The molecule has 0 spiro atoms. The number of ether oxygens (including phenoxy) is 1. The number of sulfonamides is 1. The normalized spacial score (nSPS) is 11.5. The van der Waals surface area contributed by atoms with Gasteiger partial charge >= 0.3 is 0 Å². The third kappa shape index (κ3) is 7.47. The summed E-state index contributed by atoms with van der Waals surface area (Å²) in [6.07, 6.45) is 3.15. The molecule has 0 unspecified atom stereocenters. The zero-order valence-corrected chi connectivity index (χ0v) is 14.8. The molecule has 0 saturated carbocycles. The number of hydrogen-bond acceptors (Lipinski definition) is 4. The van der Waals surface area contributed by atoms with E-state index in [-0.39, 0.29) is 23.5 Å². The average Bonchev–Trinajstić information content (AvgIpc) is 2.49. The van der Waals surface area contributed by atoms with Crippen molar-refractivity contribution in [1.29, 1.82) is 0 Å². The fourth-order valence-electron chi connectivity index (χ4n) is 1.90. The van der Waals surface area contributed by atoms with E-state index < -0.39 is 10.0 Å². The number of nitrogens with one attached hydrogen (secondary N) is 2. The van der Waals surface area contributed by atoms with E-state index in [1.165, 1.54) is 12.1 Å². The summed E-state index contributed by atoms with van der Waals surface area (Å²) < 4.78 is 31.8. The number of hydrogen-bond donors (Lipinski definition) is 2. The fourth-order valence-corrected chi connectivity index (χ4v) is 3.15. The van der Waals surface area contributed by atoms with Crippen molar-refractivity contribution in [1.82, 2.24) is 10.0 Å². The number of carbonyl (C=O) groups is 1. The molecule has 1 aromatic carbocycles. The number of amides is 1. The predicted octanol–water partition coefficient (Wildman–Crippen LogP) is 2.06. The van der Waals surface area contributed by atoms with E-state index in [9.17, 15) is 13.2 Å². The number of unbranched alkanes of at least 4 members (excludes halogenated alkanes) is 2. The predicted molar refractivity (Wildman–Crippen MR) is 89.9 cm³/mol. The molecule has 23 heavy (non-hydrogen) atoms. The molecule has 2 N–H and O–H groups in total. The molecule has 0 aliphatic heterocycles. The summed E-state index contributed by atoms with van der Waals surface area (Å²) in [6.45, 7) is 6.18. The van der Waals surface area contributed by atoms with Gasteiger partial charge in [0, 0.05) is 12.6 Å². The Bertz CT molecular complexity index is 583. The topological polar surface area (TPSA) is 84.5 Å². The summed E-state index contributed by atoms with van der Waals surface area (Å²) in [5.41, 5.74) is 0. The second kappa shape index (κ2) is 9.52. The van der Waals surface area contributed by atoms with Gasteiger partial charge in [0.05, 0.1) is 4.90 Å². The lowest BCUT2D eigenvalue weighted by atomic mass is 10.2. The third-order valence-corrected chi connectivity index (χ3v) is 4.67. The lowest BCUT2D eigenvalue weighted by molar-refractivity contribution is -0.123. The Labute approximate surface area is 138 Å². The first kappa shape index (κ1) is 19.4. The molecule has 6 nitrogen and oxygen atoms in total. The van der Waals surface area contributed by atoms with E-state index in [0.29, 0.717) is 12.3 Å². The number of carbonyl (C=O) groups excluding carboxylic acids is 1. The molecule has 7 heteroatoms. The van der Waals surface area contributed by atoms with Gasteiger partial charge in [0.2, 0.25) is 10.0 Å². The molecule has 1 aromatic rings. The van der Waals surface area contributed by atoms with Crippen LogP contribution in [0.1, 0.15) is 40.0 Å². The highest BCUT2D eigenvalue weighted by Gasteiger charge is 2.15. The molecule has 1 amide bonds. The summed E-state index contributed by atoms with van der Waals surface area (Å²) in [7, 11) is -3.51. The van der Waals surface area contributed by atoms with Gasteiger partial charge in [-0.05, 0) is 44.5 Å². The molecule has 0 aromatic heterocycles. The van der Waals surface area contributed by atoms with Crippen LogP contribution in [0.15, 0.2) is 29.2 Å². The van der Waals surface area contributed by atoms with Crippen LogP contribution in [0.25, 0.3) is 0 Å². The lowest BCUT2D eigenvalue weighted by Gasteiger charge is -2.11. The maximum absolute atomic E-state index is 12.0. The van der Waals surface area contributed by atoms with E-state index >= 15 is 0 Å². The van der Waals surface area contributed by atoms with E-state index in [1.54, 1.807) is 26.0 Å². The van der Waals surface area contributed by atoms with Crippen molar-refractivity contribution in [2.24, 2.45) is 0 Å². The molecule has 1 rings (SSSR count). The second-order valence-corrected chi connectivity index (χ2v) is 7.31. The molecule has 0 saturated heterocycles. The molecule has 0 atom stereocenters. The summed E-state index contributed by atoms with van der Waals surface area (Å²) in [4.78, 5) is 11.8. The highest BCUT2D eigenvalue weighted by Crippen LogP contribution is 2.16. The average molecular weight is 342 g/mol. The van der Waals surface area contributed by atoms with Crippen molar-refractivity contribution >= 4 is 15.9 Å². The minimum atomic E-state index is -3.51. The highest BCUT2D eigenvalue weighted by molar-refractivity contribution is 7.89. The molecular weight excluding hydrogens is 316 g/mol. The monoisotopic (exact) mass is 342 g/mol. The Hall–Kier alpha value is -1.60. The van der Waals surface area contributed by atoms with Gasteiger partial charge in [-0.15, -0.1) is 0 Å². The molecule has 0 bridgehead atoms. The van der Waals surface area contributed by atoms with Crippen molar-refractivity contribution in [3.8, 4) is 5.75 Å². The first-order valence-corrected chi connectivity index (χ1v) is 9.35. The second-order valence-electron chi connectivity index (χ2n) is 5.59. The Morgan fingerprint density at radius 2 is 1.83 bits per heavy atom. The Morgan fingerprint density at radius 3 is 2.39 bits per heavy atom. The van der Waals surface area contributed by atoms with Gasteiger partial charge in [-0.3, -0.25) is 4.79 Å². The fraction of sp³-hybridized carbons (Fsp3) is 0.562. The summed E-state index contributed by atoms with van der Waals surface area (Å²) in [6, 6.07) is 5.82. The van der Waals surface area contributed by atoms with Gasteiger partial charge in [-0.2, -0.15) is 0 Å². The summed E-state index contributed by atoms with van der Waals surface area (Å²) >= 11 is 0. The largest absolute Gasteiger partial charge is 0.484 e. The van der Waals surface area contributed by atoms with Crippen LogP contribution in [0.3, 0.4) is 0 Å². The van der Waals surface area contributed by atoms with E-state index in [1.807, 2.05) is 0 Å². The van der Waals surface area contributed by atoms with Crippen molar-refractivity contribution in [2.75, 3.05) is 13.2 Å². The Morgan fingerprint density at radius 1 is 1.17 bits per heavy atom. The van der Waals surface area contributed by atoms with E-state index in [4.69, 9.17) is 4.74 Å². The first-order valence-electron chi connectivity index (χ1n) is 7.87. The van der Waals surface area contributed by atoms with Crippen molar-refractivity contribution in [2.45, 2.75) is 51.0 Å². The van der Waals surface area contributed by atoms with Gasteiger partial charge < -0.3 is 10.1 Å². The SMILES string of the molecule is CCCCCNC(=O)COc1ccc(S(=O)(=O)NC(C)C)cc1. The Balaban J connectivity index is 2.47. The molecular formula is C16H26N2O4S.